The van der Waals surface area contributed by atoms with Crippen LogP contribution in [0.25, 0.3) is 0 Å². The Morgan fingerprint density at radius 2 is 2.18 bits per heavy atom. The number of aldehydes is 1. The van der Waals surface area contributed by atoms with Crippen LogP contribution in [-0.2, 0) is 14.3 Å². The van der Waals surface area contributed by atoms with E-state index in [2.05, 4.69) is 0 Å². The third kappa shape index (κ3) is 3.89. The quantitative estimate of drug-likeness (QED) is 0.428. The van der Waals surface area contributed by atoms with Crippen LogP contribution in [0, 0.1) is 0 Å². The summed E-state index contributed by atoms with van der Waals surface area (Å²) in [5.41, 5.74) is 6.05. The monoisotopic (exact) mass is 424 g/mol. The van der Waals surface area contributed by atoms with Gasteiger partial charge in [0.25, 0.3) is 0 Å². The highest BCUT2D eigenvalue weighted by atomic mass is 32.2. The number of carbonyl (C=O) groups excluding carboxylic acids is 4. The number of rotatable bonds is 5. The second-order valence-corrected chi connectivity index (χ2v) is 9.34. The van der Waals surface area contributed by atoms with Crippen molar-refractivity contribution in [2.24, 2.45) is 5.73 Å². The third-order valence-electron chi connectivity index (χ3n) is 4.08. The molecule has 0 saturated carbocycles. The zero-order valence-electron chi connectivity index (χ0n) is 15.6. The summed E-state index contributed by atoms with van der Waals surface area (Å²) in [4.78, 5) is 49.7. The topological polar surface area (TPSA) is 120 Å². The number of furan rings is 1. The highest BCUT2D eigenvalue weighted by Gasteiger charge is 2.52. The van der Waals surface area contributed by atoms with E-state index in [0.717, 1.165) is 11.8 Å². The standard InChI is InChI=1S/C18H20N2O6S2/c1-18(2,3)26-16(23)13-9(7-27-15-12(19)14(22)20(13)15)8-28-17(24)10-4-5-25-11(10)6-21/h4-6,12,15H,7-8,19H2,1-3H3/t12?,15-/m0/s1. The lowest BCUT2D eigenvalue weighted by atomic mass is 10.0. The molecule has 2 atom stereocenters. The van der Waals surface area contributed by atoms with Crippen LogP contribution in [0.4, 0.5) is 0 Å². The summed E-state index contributed by atoms with van der Waals surface area (Å²) in [6.07, 6.45) is 1.74. The fourth-order valence-corrected chi connectivity index (χ4v) is 5.11. The minimum Gasteiger partial charge on any atom is -0.461 e. The van der Waals surface area contributed by atoms with Crippen molar-refractivity contribution in [2.75, 3.05) is 11.5 Å². The van der Waals surface area contributed by atoms with Gasteiger partial charge in [0.15, 0.2) is 12.0 Å². The largest absolute Gasteiger partial charge is 0.461 e. The fourth-order valence-electron chi connectivity index (χ4n) is 2.82. The van der Waals surface area contributed by atoms with Crippen LogP contribution in [0.1, 0.15) is 41.7 Å². The average molecular weight is 425 g/mol. The van der Waals surface area contributed by atoms with E-state index in [0.29, 0.717) is 17.6 Å². The SMILES string of the molecule is CC(C)(C)OC(=O)C1=C(CSC(=O)c2ccoc2C=O)CS[C@H]2C(N)C(=O)N12. The van der Waals surface area contributed by atoms with Gasteiger partial charge in [-0.2, -0.15) is 0 Å². The van der Waals surface area contributed by atoms with Crippen molar-refractivity contribution >= 4 is 46.8 Å². The Kier molecular flexibility index (Phi) is 5.74. The van der Waals surface area contributed by atoms with Crippen molar-refractivity contribution in [3.05, 3.63) is 34.9 Å². The number of amides is 1. The number of fused-ring (bicyclic) bond motifs is 1. The summed E-state index contributed by atoms with van der Waals surface area (Å²) in [6.45, 7) is 5.21. The molecule has 0 spiro atoms. The second-order valence-electron chi connectivity index (χ2n) is 7.28. The van der Waals surface area contributed by atoms with Gasteiger partial charge >= 0.3 is 5.97 Å². The van der Waals surface area contributed by atoms with Gasteiger partial charge in [-0.1, -0.05) is 11.8 Å². The van der Waals surface area contributed by atoms with E-state index in [1.54, 1.807) is 20.8 Å². The zero-order valence-corrected chi connectivity index (χ0v) is 17.2. The number of hydrogen-bond acceptors (Lipinski definition) is 9. The van der Waals surface area contributed by atoms with E-state index in [1.165, 1.54) is 29.0 Å². The number of nitrogens with two attached hydrogens (primary N) is 1. The Morgan fingerprint density at radius 1 is 1.46 bits per heavy atom. The molecule has 1 fully saturated rings. The Labute approximate surface area is 170 Å². The molecule has 0 radical (unpaired) electrons. The number of nitrogens with zero attached hydrogens (tertiary/aromatic N) is 1. The molecule has 1 aromatic rings. The number of carbonyl (C=O) groups is 4. The zero-order chi connectivity index (χ0) is 20.6. The van der Waals surface area contributed by atoms with Gasteiger partial charge in [-0.15, -0.1) is 11.8 Å². The minimum absolute atomic E-state index is 0.0409. The molecule has 2 aliphatic rings. The van der Waals surface area contributed by atoms with Crippen molar-refractivity contribution in [1.82, 2.24) is 4.90 Å². The molecule has 0 aliphatic carbocycles. The van der Waals surface area contributed by atoms with Gasteiger partial charge in [0.2, 0.25) is 11.0 Å². The summed E-state index contributed by atoms with van der Waals surface area (Å²) in [5.74, 6) is -0.373. The minimum atomic E-state index is -0.732. The molecule has 3 heterocycles. The van der Waals surface area contributed by atoms with Crippen molar-refractivity contribution in [3.63, 3.8) is 0 Å². The molecule has 150 valence electrons. The van der Waals surface area contributed by atoms with E-state index in [4.69, 9.17) is 14.9 Å². The Morgan fingerprint density at radius 3 is 2.82 bits per heavy atom. The van der Waals surface area contributed by atoms with Crippen LogP contribution in [-0.4, -0.2) is 56.7 Å². The molecule has 2 aliphatic heterocycles. The number of thioether (sulfide) groups is 2. The first-order valence-corrected chi connectivity index (χ1v) is 10.5. The maximum Gasteiger partial charge on any atom is 0.355 e. The van der Waals surface area contributed by atoms with Gasteiger partial charge in [0, 0.05) is 11.5 Å². The maximum absolute atomic E-state index is 12.8. The maximum atomic E-state index is 12.8. The summed E-state index contributed by atoms with van der Waals surface area (Å²) < 4.78 is 10.4. The molecular weight excluding hydrogens is 404 g/mol. The summed E-state index contributed by atoms with van der Waals surface area (Å²) >= 11 is 2.38. The van der Waals surface area contributed by atoms with Gasteiger partial charge < -0.3 is 14.9 Å². The average Bonchev–Trinajstić information content (AvgIpc) is 3.12. The molecule has 3 rings (SSSR count). The predicted octanol–water partition coefficient (Wildman–Crippen LogP) is 1.80. The first-order chi connectivity index (χ1) is 13.1. The van der Waals surface area contributed by atoms with Gasteiger partial charge in [-0.3, -0.25) is 19.3 Å². The van der Waals surface area contributed by atoms with E-state index >= 15 is 0 Å². The normalized spacial score (nSPS) is 21.9. The second kappa shape index (κ2) is 7.76. The highest BCUT2D eigenvalue weighted by molar-refractivity contribution is 8.14. The predicted molar refractivity (Wildman–Crippen MR) is 105 cm³/mol. The van der Waals surface area contributed by atoms with Gasteiger partial charge in [-0.25, -0.2) is 4.79 Å². The molecule has 28 heavy (non-hydrogen) atoms. The van der Waals surface area contributed by atoms with E-state index in [-0.39, 0.29) is 39.2 Å². The lowest BCUT2D eigenvalue weighted by molar-refractivity contribution is -0.157. The van der Waals surface area contributed by atoms with Crippen LogP contribution in [0.5, 0.6) is 0 Å². The van der Waals surface area contributed by atoms with Crippen LogP contribution >= 0.6 is 23.5 Å². The molecule has 1 aromatic heterocycles. The molecule has 0 bridgehead atoms. The van der Waals surface area contributed by atoms with E-state index < -0.39 is 17.6 Å². The molecule has 1 saturated heterocycles. The van der Waals surface area contributed by atoms with Gasteiger partial charge in [0.05, 0.1) is 11.8 Å². The lowest BCUT2D eigenvalue weighted by Gasteiger charge is -2.48. The molecular formula is C18H20N2O6S2. The van der Waals surface area contributed by atoms with Crippen molar-refractivity contribution in [1.29, 1.82) is 0 Å². The summed E-state index contributed by atoms with van der Waals surface area (Å²) in [6, 6.07) is 0.769. The van der Waals surface area contributed by atoms with Crippen LogP contribution in [0.2, 0.25) is 0 Å². The number of hydrogen-bond donors (Lipinski definition) is 1. The van der Waals surface area contributed by atoms with Crippen molar-refractivity contribution in [2.45, 2.75) is 37.8 Å². The number of β-lactam (4-membered cyclic amide) rings is 1. The molecule has 10 heteroatoms. The highest BCUT2D eigenvalue weighted by Crippen LogP contribution is 2.41. The van der Waals surface area contributed by atoms with E-state index in [9.17, 15) is 19.2 Å². The summed E-state index contributed by atoms with van der Waals surface area (Å²) in [7, 11) is 0. The molecule has 1 unspecified atom stereocenters. The Bertz CT molecular complexity index is 870. The fraction of sp³-hybridized carbons (Fsp3) is 0.444. The van der Waals surface area contributed by atoms with Crippen molar-refractivity contribution < 1.29 is 28.3 Å². The molecule has 8 nitrogen and oxygen atoms in total. The van der Waals surface area contributed by atoms with Crippen LogP contribution in [0.3, 0.4) is 0 Å². The molecule has 2 N–H and O–H groups in total. The first-order valence-electron chi connectivity index (χ1n) is 8.49. The van der Waals surface area contributed by atoms with Crippen LogP contribution < -0.4 is 5.73 Å². The molecule has 0 aromatic carbocycles. The lowest BCUT2D eigenvalue weighted by Crippen LogP contribution is -2.68. The number of ether oxygens (including phenoxy) is 1. The van der Waals surface area contributed by atoms with Gasteiger partial charge in [-0.05, 0) is 32.4 Å². The van der Waals surface area contributed by atoms with E-state index in [1.807, 2.05) is 0 Å². The molecule has 1 amide bonds. The number of esters is 1. The van der Waals surface area contributed by atoms with Crippen LogP contribution in [0.15, 0.2) is 28.0 Å². The Balaban J connectivity index is 1.84. The summed E-state index contributed by atoms with van der Waals surface area (Å²) in [5, 5.41) is -0.666. The smallest absolute Gasteiger partial charge is 0.355 e. The van der Waals surface area contributed by atoms with Gasteiger partial charge in [0.1, 0.15) is 22.7 Å². The first kappa shape index (κ1) is 20.7. The Hall–Kier alpha value is -2.04. The third-order valence-corrected chi connectivity index (χ3v) is 6.42. The van der Waals surface area contributed by atoms with Crippen molar-refractivity contribution in [3.8, 4) is 0 Å².